The molecule has 2 rings (SSSR count). The monoisotopic (exact) mass is 225 g/mol. The number of amides is 1. The first kappa shape index (κ1) is 10.4. The van der Waals surface area contributed by atoms with E-state index in [1.54, 1.807) is 10.8 Å². The van der Waals surface area contributed by atoms with Gasteiger partial charge in [-0.2, -0.15) is 0 Å². The summed E-state index contributed by atoms with van der Waals surface area (Å²) in [6, 6.07) is 0. The average molecular weight is 225 g/mol. The Kier molecular flexibility index (Phi) is 3.20. The van der Waals surface area contributed by atoms with Gasteiger partial charge in [0.15, 0.2) is 4.77 Å². The molecule has 1 aromatic heterocycles. The van der Waals surface area contributed by atoms with Gasteiger partial charge in [-0.15, -0.1) is 0 Å². The molecule has 0 bridgehead atoms. The Hall–Kier alpha value is -1.10. The molecule has 2 heterocycles. The number of aromatic amines is 1. The predicted octanol–water partition coefficient (Wildman–Crippen LogP) is 1.56. The van der Waals surface area contributed by atoms with Crippen molar-refractivity contribution in [3.05, 3.63) is 17.2 Å². The minimum Gasteiger partial charge on any atom is -0.341 e. The van der Waals surface area contributed by atoms with E-state index < -0.39 is 0 Å². The zero-order valence-electron chi connectivity index (χ0n) is 8.61. The Bertz CT molecular complexity index is 389. The van der Waals surface area contributed by atoms with E-state index in [1.807, 2.05) is 11.1 Å². The van der Waals surface area contributed by atoms with Crippen molar-refractivity contribution in [2.75, 3.05) is 13.1 Å². The summed E-state index contributed by atoms with van der Waals surface area (Å²) >= 11 is 5.04. The molecule has 0 aromatic carbocycles. The molecule has 1 saturated heterocycles. The maximum atomic E-state index is 11.9. The first-order chi connectivity index (χ1) is 7.27. The SMILES string of the molecule is O=C(Cn1cc[nH]c1=S)N1CCCCC1. The van der Waals surface area contributed by atoms with Gasteiger partial charge in [-0.05, 0) is 31.5 Å². The van der Waals surface area contributed by atoms with Crippen LogP contribution in [0, 0.1) is 4.77 Å². The number of likely N-dealkylation sites (tertiary alicyclic amines) is 1. The minimum atomic E-state index is 0.172. The molecule has 5 heteroatoms. The number of hydrogen-bond donors (Lipinski definition) is 1. The zero-order valence-corrected chi connectivity index (χ0v) is 9.42. The molecule has 1 amide bonds. The Morgan fingerprint density at radius 1 is 1.40 bits per heavy atom. The van der Waals surface area contributed by atoms with Crippen molar-refractivity contribution in [1.29, 1.82) is 0 Å². The summed E-state index contributed by atoms with van der Waals surface area (Å²) in [5.74, 6) is 0.172. The fraction of sp³-hybridized carbons (Fsp3) is 0.600. The summed E-state index contributed by atoms with van der Waals surface area (Å²) < 4.78 is 2.38. The number of imidazole rings is 1. The topological polar surface area (TPSA) is 41.0 Å². The van der Waals surface area contributed by atoms with E-state index in [9.17, 15) is 4.79 Å². The van der Waals surface area contributed by atoms with Crippen LogP contribution in [0.4, 0.5) is 0 Å². The van der Waals surface area contributed by atoms with Crippen LogP contribution in [0.5, 0.6) is 0 Å². The number of nitrogens with zero attached hydrogens (tertiary/aromatic N) is 2. The predicted molar refractivity (Wildman–Crippen MR) is 60.0 cm³/mol. The van der Waals surface area contributed by atoms with Crippen LogP contribution in [0.3, 0.4) is 0 Å². The molecular weight excluding hydrogens is 210 g/mol. The number of carbonyl (C=O) groups excluding carboxylic acids is 1. The van der Waals surface area contributed by atoms with E-state index in [0.29, 0.717) is 11.3 Å². The van der Waals surface area contributed by atoms with Crippen molar-refractivity contribution < 1.29 is 4.79 Å². The second-order valence-corrected chi connectivity index (χ2v) is 4.22. The van der Waals surface area contributed by atoms with Crippen LogP contribution in [-0.4, -0.2) is 33.4 Å². The third kappa shape index (κ3) is 2.47. The van der Waals surface area contributed by atoms with Gasteiger partial charge in [-0.25, -0.2) is 0 Å². The molecule has 4 nitrogen and oxygen atoms in total. The van der Waals surface area contributed by atoms with Gasteiger partial charge in [-0.3, -0.25) is 4.79 Å². The first-order valence-electron chi connectivity index (χ1n) is 5.29. The van der Waals surface area contributed by atoms with Gasteiger partial charge in [0.2, 0.25) is 5.91 Å². The van der Waals surface area contributed by atoms with Crippen molar-refractivity contribution in [3.8, 4) is 0 Å². The van der Waals surface area contributed by atoms with Gasteiger partial charge in [0.05, 0.1) is 0 Å². The van der Waals surface area contributed by atoms with Crippen molar-refractivity contribution >= 4 is 18.1 Å². The summed E-state index contributed by atoms with van der Waals surface area (Å²) in [4.78, 5) is 16.7. The number of piperidine rings is 1. The fourth-order valence-corrected chi connectivity index (χ4v) is 2.06. The van der Waals surface area contributed by atoms with Crippen LogP contribution in [0.2, 0.25) is 0 Å². The van der Waals surface area contributed by atoms with Crippen molar-refractivity contribution in [1.82, 2.24) is 14.5 Å². The number of aromatic nitrogens is 2. The number of hydrogen-bond acceptors (Lipinski definition) is 2. The van der Waals surface area contributed by atoms with Crippen LogP contribution in [-0.2, 0) is 11.3 Å². The molecule has 0 spiro atoms. The average Bonchev–Trinajstić information content (AvgIpc) is 2.66. The smallest absolute Gasteiger partial charge is 0.242 e. The molecule has 1 aromatic rings. The summed E-state index contributed by atoms with van der Waals surface area (Å²) in [6.07, 6.45) is 7.07. The molecule has 1 fully saturated rings. The number of H-pyrrole nitrogens is 1. The number of rotatable bonds is 2. The Morgan fingerprint density at radius 3 is 2.73 bits per heavy atom. The molecule has 0 radical (unpaired) electrons. The fourth-order valence-electron chi connectivity index (χ4n) is 1.86. The van der Waals surface area contributed by atoms with Crippen LogP contribution < -0.4 is 0 Å². The molecule has 1 N–H and O–H groups in total. The molecule has 0 aliphatic carbocycles. The van der Waals surface area contributed by atoms with E-state index >= 15 is 0 Å². The second kappa shape index (κ2) is 4.61. The summed E-state index contributed by atoms with van der Waals surface area (Å²) in [6.45, 7) is 2.16. The van der Waals surface area contributed by atoms with E-state index in [0.717, 1.165) is 25.9 Å². The second-order valence-electron chi connectivity index (χ2n) is 3.83. The summed E-state index contributed by atoms with van der Waals surface area (Å²) in [5.41, 5.74) is 0. The molecule has 0 atom stereocenters. The molecule has 0 saturated carbocycles. The maximum absolute atomic E-state index is 11.9. The quantitative estimate of drug-likeness (QED) is 0.776. The first-order valence-corrected chi connectivity index (χ1v) is 5.70. The maximum Gasteiger partial charge on any atom is 0.242 e. The molecular formula is C10H15N3OS. The molecule has 15 heavy (non-hydrogen) atoms. The number of nitrogens with one attached hydrogen (secondary N) is 1. The van der Waals surface area contributed by atoms with Gasteiger partial charge < -0.3 is 14.5 Å². The summed E-state index contributed by atoms with van der Waals surface area (Å²) in [5, 5.41) is 0. The zero-order chi connectivity index (χ0) is 10.7. The highest BCUT2D eigenvalue weighted by Crippen LogP contribution is 2.09. The largest absolute Gasteiger partial charge is 0.341 e. The third-order valence-electron chi connectivity index (χ3n) is 2.74. The van der Waals surface area contributed by atoms with Gasteiger partial charge in [0, 0.05) is 25.5 Å². The van der Waals surface area contributed by atoms with Gasteiger partial charge in [0.1, 0.15) is 6.54 Å². The number of carbonyl (C=O) groups is 1. The molecule has 82 valence electrons. The van der Waals surface area contributed by atoms with Crippen LogP contribution in [0.15, 0.2) is 12.4 Å². The minimum absolute atomic E-state index is 0.172. The lowest BCUT2D eigenvalue weighted by Crippen LogP contribution is -2.37. The van der Waals surface area contributed by atoms with E-state index in [2.05, 4.69) is 4.98 Å². The highest BCUT2D eigenvalue weighted by Gasteiger charge is 2.16. The van der Waals surface area contributed by atoms with Gasteiger partial charge >= 0.3 is 0 Å². The van der Waals surface area contributed by atoms with Crippen LogP contribution in [0.25, 0.3) is 0 Å². The van der Waals surface area contributed by atoms with Crippen molar-refractivity contribution in [2.24, 2.45) is 0 Å². The van der Waals surface area contributed by atoms with E-state index in [1.165, 1.54) is 6.42 Å². The van der Waals surface area contributed by atoms with Crippen molar-refractivity contribution in [2.45, 2.75) is 25.8 Å². The van der Waals surface area contributed by atoms with Crippen LogP contribution in [0.1, 0.15) is 19.3 Å². The lowest BCUT2D eigenvalue weighted by atomic mass is 10.1. The molecule has 1 aliphatic heterocycles. The lowest BCUT2D eigenvalue weighted by molar-refractivity contribution is -0.132. The highest BCUT2D eigenvalue weighted by atomic mass is 32.1. The standard InChI is InChI=1S/C10H15N3OS/c14-9(12-5-2-1-3-6-12)8-13-7-4-11-10(13)15/h4,7H,1-3,5-6,8H2,(H,11,15). The summed E-state index contributed by atoms with van der Waals surface area (Å²) in [7, 11) is 0. The third-order valence-corrected chi connectivity index (χ3v) is 3.09. The lowest BCUT2D eigenvalue weighted by Gasteiger charge is -2.26. The van der Waals surface area contributed by atoms with Gasteiger partial charge in [-0.1, -0.05) is 0 Å². The normalized spacial score (nSPS) is 16.7. The molecule has 1 aliphatic rings. The highest BCUT2D eigenvalue weighted by molar-refractivity contribution is 7.71. The van der Waals surface area contributed by atoms with Crippen molar-refractivity contribution in [3.63, 3.8) is 0 Å². The van der Waals surface area contributed by atoms with E-state index in [4.69, 9.17) is 12.2 Å². The van der Waals surface area contributed by atoms with E-state index in [-0.39, 0.29) is 5.91 Å². The van der Waals surface area contributed by atoms with Gasteiger partial charge in [0.25, 0.3) is 0 Å². The molecule has 0 unspecified atom stereocenters. The Morgan fingerprint density at radius 2 is 2.13 bits per heavy atom. The Balaban J connectivity index is 1.97. The Labute approximate surface area is 93.9 Å². The van der Waals surface area contributed by atoms with Crippen LogP contribution >= 0.6 is 12.2 Å².